The monoisotopic (exact) mass is 440 g/mol. The highest BCUT2D eigenvalue weighted by atomic mass is 16.5. The van der Waals surface area contributed by atoms with Gasteiger partial charge in [-0.2, -0.15) is 0 Å². The standard InChI is InChI=1S/C24H32N4O4/c1-27-7-6-18-12-17(4-5-22(18)27)23(28-8-10-32-11-9-28)16-25-24(29)26-19-13-20(30-2)15-21(14-19)31-3/h4-5,12-15,23H,6-11,16H2,1-3H3,(H2,25,26,29)/t23-/m0/s1. The van der Waals surface area contributed by atoms with Gasteiger partial charge in [-0.15, -0.1) is 0 Å². The molecule has 2 heterocycles. The van der Waals surface area contributed by atoms with E-state index in [9.17, 15) is 4.79 Å². The Labute approximate surface area is 189 Å². The average molecular weight is 441 g/mol. The topological polar surface area (TPSA) is 75.3 Å². The summed E-state index contributed by atoms with van der Waals surface area (Å²) in [4.78, 5) is 17.4. The Kier molecular flexibility index (Phi) is 7.02. The number of amides is 2. The van der Waals surface area contributed by atoms with Crippen molar-refractivity contribution in [3.63, 3.8) is 0 Å². The maximum absolute atomic E-state index is 12.7. The fourth-order valence-corrected chi connectivity index (χ4v) is 4.39. The number of morpholine rings is 1. The Bertz CT molecular complexity index is 923. The molecule has 0 saturated carbocycles. The van der Waals surface area contributed by atoms with E-state index in [-0.39, 0.29) is 12.1 Å². The Morgan fingerprint density at radius 3 is 2.47 bits per heavy atom. The van der Waals surface area contributed by atoms with Gasteiger partial charge >= 0.3 is 6.03 Å². The zero-order valence-corrected chi connectivity index (χ0v) is 19.0. The van der Waals surface area contributed by atoms with Crippen LogP contribution in [-0.4, -0.2) is 71.6 Å². The third-order valence-corrected chi connectivity index (χ3v) is 6.17. The van der Waals surface area contributed by atoms with E-state index in [2.05, 4.69) is 45.7 Å². The summed E-state index contributed by atoms with van der Waals surface area (Å²) >= 11 is 0. The van der Waals surface area contributed by atoms with Crippen LogP contribution in [0.15, 0.2) is 36.4 Å². The molecular weight excluding hydrogens is 408 g/mol. The number of urea groups is 1. The third kappa shape index (κ3) is 5.08. The molecule has 0 aliphatic carbocycles. The molecule has 8 nitrogen and oxygen atoms in total. The number of hydrogen-bond donors (Lipinski definition) is 2. The molecule has 0 bridgehead atoms. The lowest BCUT2D eigenvalue weighted by atomic mass is 10.0. The van der Waals surface area contributed by atoms with Gasteiger partial charge in [0.15, 0.2) is 0 Å². The van der Waals surface area contributed by atoms with Crippen molar-refractivity contribution in [2.45, 2.75) is 12.5 Å². The van der Waals surface area contributed by atoms with Crippen LogP contribution >= 0.6 is 0 Å². The first-order chi connectivity index (χ1) is 15.6. The molecule has 8 heteroatoms. The van der Waals surface area contributed by atoms with Crippen molar-refractivity contribution in [3.8, 4) is 11.5 Å². The molecule has 0 aromatic heterocycles. The van der Waals surface area contributed by atoms with Gasteiger partial charge in [-0.3, -0.25) is 4.90 Å². The molecule has 32 heavy (non-hydrogen) atoms. The maximum Gasteiger partial charge on any atom is 0.319 e. The number of anilines is 2. The summed E-state index contributed by atoms with van der Waals surface area (Å²) in [5.74, 6) is 1.24. The van der Waals surface area contributed by atoms with Gasteiger partial charge in [-0.1, -0.05) is 12.1 Å². The van der Waals surface area contributed by atoms with Gasteiger partial charge in [0, 0.05) is 62.8 Å². The molecular formula is C24H32N4O4. The molecule has 2 aromatic rings. The number of nitrogens with zero attached hydrogens (tertiary/aromatic N) is 2. The summed E-state index contributed by atoms with van der Waals surface area (Å²) in [6.45, 7) is 4.66. The number of benzene rings is 2. The van der Waals surface area contributed by atoms with Gasteiger partial charge in [-0.05, 0) is 23.6 Å². The number of hydrogen-bond acceptors (Lipinski definition) is 6. The minimum Gasteiger partial charge on any atom is -0.497 e. The van der Waals surface area contributed by atoms with E-state index < -0.39 is 0 Å². The summed E-state index contributed by atoms with van der Waals surface area (Å²) in [5, 5.41) is 5.94. The SMILES string of the molecule is COc1cc(NC(=O)NC[C@@H](c2ccc3c(c2)CCN3C)N2CCOCC2)cc(OC)c1. The molecule has 1 saturated heterocycles. The molecule has 0 unspecified atom stereocenters. The van der Waals surface area contributed by atoms with Crippen LogP contribution in [0.25, 0.3) is 0 Å². The highest BCUT2D eigenvalue weighted by molar-refractivity contribution is 5.89. The van der Waals surface area contributed by atoms with E-state index in [1.807, 2.05) is 0 Å². The van der Waals surface area contributed by atoms with Crippen molar-refractivity contribution in [3.05, 3.63) is 47.5 Å². The third-order valence-electron chi connectivity index (χ3n) is 6.17. The van der Waals surface area contributed by atoms with Gasteiger partial charge in [0.1, 0.15) is 11.5 Å². The molecule has 2 aliphatic heterocycles. The molecule has 1 atom stereocenters. The van der Waals surface area contributed by atoms with Gasteiger partial charge in [0.2, 0.25) is 0 Å². The normalized spacial score (nSPS) is 16.9. The molecule has 0 spiro atoms. The van der Waals surface area contributed by atoms with E-state index in [1.165, 1.54) is 16.8 Å². The first-order valence-electron chi connectivity index (χ1n) is 11.0. The highest BCUT2D eigenvalue weighted by Gasteiger charge is 2.25. The predicted molar refractivity (Wildman–Crippen MR) is 125 cm³/mol. The average Bonchev–Trinajstić information content (AvgIpc) is 3.19. The summed E-state index contributed by atoms with van der Waals surface area (Å²) in [6, 6.07) is 11.8. The molecule has 2 aliphatic rings. The molecule has 172 valence electrons. The van der Waals surface area contributed by atoms with Crippen molar-refractivity contribution in [1.82, 2.24) is 10.2 Å². The summed E-state index contributed by atoms with van der Waals surface area (Å²) in [6.07, 6.45) is 1.06. The van der Waals surface area contributed by atoms with E-state index in [0.29, 0.717) is 36.9 Å². The van der Waals surface area contributed by atoms with Crippen molar-refractivity contribution in [1.29, 1.82) is 0 Å². The van der Waals surface area contributed by atoms with Gasteiger partial charge in [0.25, 0.3) is 0 Å². The van der Waals surface area contributed by atoms with Crippen molar-refractivity contribution in [2.24, 2.45) is 0 Å². The lowest BCUT2D eigenvalue weighted by molar-refractivity contribution is 0.0168. The number of likely N-dealkylation sites (N-methyl/N-ethyl adjacent to an activating group) is 1. The predicted octanol–water partition coefficient (Wildman–Crippen LogP) is 2.89. The zero-order chi connectivity index (χ0) is 22.5. The number of rotatable bonds is 7. The van der Waals surface area contributed by atoms with Crippen LogP contribution in [-0.2, 0) is 11.2 Å². The van der Waals surface area contributed by atoms with Crippen LogP contribution in [0, 0.1) is 0 Å². The van der Waals surface area contributed by atoms with Gasteiger partial charge in [0.05, 0.1) is 33.5 Å². The van der Waals surface area contributed by atoms with E-state index in [0.717, 1.165) is 26.1 Å². The number of carbonyl (C=O) groups is 1. The van der Waals surface area contributed by atoms with Crippen LogP contribution in [0.3, 0.4) is 0 Å². The summed E-state index contributed by atoms with van der Waals surface area (Å²) < 4.78 is 16.1. The number of nitrogens with one attached hydrogen (secondary N) is 2. The van der Waals surface area contributed by atoms with Crippen LogP contribution in [0.5, 0.6) is 11.5 Å². The molecule has 1 fully saturated rings. The molecule has 2 amide bonds. The Morgan fingerprint density at radius 2 is 1.78 bits per heavy atom. The smallest absolute Gasteiger partial charge is 0.319 e. The number of carbonyl (C=O) groups excluding carboxylic acids is 1. The fraction of sp³-hybridized carbons (Fsp3) is 0.458. The van der Waals surface area contributed by atoms with Gasteiger partial charge < -0.3 is 29.7 Å². The largest absolute Gasteiger partial charge is 0.497 e. The quantitative estimate of drug-likeness (QED) is 0.690. The van der Waals surface area contributed by atoms with Gasteiger partial charge in [-0.25, -0.2) is 4.79 Å². The van der Waals surface area contributed by atoms with E-state index >= 15 is 0 Å². The number of ether oxygens (including phenoxy) is 3. The first-order valence-corrected chi connectivity index (χ1v) is 11.0. The number of methoxy groups -OCH3 is 2. The minimum atomic E-state index is -0.264. The Hall–Kier alpha value is -2.97. The Balaban J connectivity index is 1.46. The first kappa shape index (κ1) is 22.2. The maximum atomic E-state index is 12.7. The second-order valence-electron chi connectivity index (χ2n) is 8.16. The fourth-order valence-electron chi connectivity index (χ4n) is 4.39. The second kappa shape index (κ2) is 10.1. The second-order valence-corrected chi connectivity index (χ2v) is 8.16. The van der Waals surface area contributed by atoms with Crippen LogP contribution < -0.4 is 25.0 Å². The van der Waals surface area contributed by atoms with Crippen molar-refractivity contribution in [2.75, 3.05) is 70.9 Å². The molecule has 2 aromatic carbocycles. The molecule has 4 rings (SSSR count). The number of fused-ring (bicyclic) bond motifs is 1. The van der Waals surface area contributed by atoms with E-state index in [1.54, 1.807) is 32.4 Å². The lowest BCUT2D eigenvalue weighted by Crippen LogP contribution is -2.44. The highest BCUT2D eigenvalue weighted by Crippen LogP contribution is 2.31. The van der Waals surface area contributed by atoms with E-state index in [4.69, 9.17) is 14.2 Å². The zero-order valence-electron chi connectivity index (χ0n) is 19.0. The van der Waals surface area contributed by atoms with Crippen LogP contribution in [0.4, 0.5) is 16.2 Å². The summed E-state index contributed by atoms with van der Waals surface area (Å²) in [5.41, 5.74) is 4.51. The molecule has 2 N–H and O–H groups in total. The van der Waals surface area contributed by atoms with Crippen LogP contribution in [0.2, 0.25) is 0 Å². The van der Waals surface area contributed by atoms with Crippen molar-refractivity contribution >= 4 is 17.4 Å². The Morgan fingerprint density at radius 1 is 1.06 bits per heavy atom. The minimum absolute atomic E-state index is 0.0840. The van der Waals surface area contributed by atoms with Crippen molar-refractivity contribution < 1.29 is 19.0 Å². The lowest BCUT2D eigenvalue weighted by Gasteiger charge is -2.35. The van der Waals surface area contributed by atoms with Crippen LogP contribution in [0.1, 0.15) is 17.2 Å². The molecule has 0 radical (unpaired) electrons. The summed E-state index contributed by atoms with van der Waals surface area (Å²) in [7, 11) is 5.30.